The van der Waals surface area contributed by atoms with Crippen LogP contribution in [0.2, 0.25) is 0 Å². The highest BCUT2D eigenvalue weighted by Crippen LogP contribution is 2.29. The number of hydrogen-bond acceptors (Lipinski definition) is 8. The second kappa shape index (κ2) is 12.5. The maximum absolute atomic E-state index is 13.1. The van der Waals surface area contributed by atoms with E-state index < -0.39 is 34.4 Å². The maximum Gasteiger partial charge on any atom is 0.251 e. The number of nitrogens with zero attached hydrogens (tertiary/aromatic N) is 4. The summed E-state index contributed by atoms with van der Waals surface area (Å²) in [7, 11) is -2.23. The molecule has 0 saturated carbocycles. The average Bonchev–Trinajstić information content (AvgIpc) is 3.34. The summed E-state index contributed by atoms with van der Waals surface area (Å²) in [6.07, 6.45) is 1.03. The summed E-state index contributed by atoms with van der Waals surface area (Å²) in [5.74, 6) is 0.812. The zero-order valence-electron chi connectivity index (χ0n) is 23.0. The van der Waals surface area contributed by atoms with Crippen molar-refractivity contribution in [2.75, 3.05) is 39.6 Å². The van der Waals surface area contributed by atoms with Crippen LogP contribution in [0.3, 0.4) is 0 Å². The van der Waals surface area contributed by atoms with E-state index in [1.807, 2.05) is 44.2 Å². The summed E-state index contributed by atoms with van der Waals surface area (Å²) in [5, 5.41) is 10.4. The first-order chi connectivity index (χ1) is 19.1. The Labute approximate surface area is 233 Å². The zero-order valence-corrected chi connectivity index (χ0v) is 23.8. The molecule has 40 heavy (non-hydrogen) atoms. The molecule has 0 spiro atoms. The van der Waals surface area contributed by atoms with Crippen molar-refractivity contribution in [2.45, 2.75) is 26.4 Å². The molecule has 1 atom stereocenters. The number of sulfonamides is 1. The molecule has 12 nitrogen and oxygen atoms in total. The number of aromatic nitrogens is 3. The largest absolute Gasteiger partial charge is 0.493 e. The summed E-state index contributed by atoms with van der Waals surface area (Å²) < 4.78 is 39.1. The van der Waals surface area contributed by atoms with Crippen LogP contribution in [-0.2, 0) is 21.4 Å². The number of carbonyl (C=O) groups is 2. The van der Waals surface area contributed by atoms with Crippen molar-refractivity contribution < 1.29 is 27.5 Å². The van der Waals surface area contributed by atoms with E-state index in [0.717, 1.165) is 16.1 Å². The lowest BCUT2D eigenvalue weighted by atomic mass is 10.0. The molecule has 0 aliphatic carbocycles. The molecular formula is C27H34N6O6S. The smallest absolute Gasteiger partial charge is 0.251 e. The molecule has 214 valence electrons. The van der Waals surface area contributed by atoms with Crippen LogP contribution in [0.4, 0.5) is 0 Å². The second-order valence-corrected chi connectivity index (χ2v) is 11.7. The minimum Gasteiger partial charge on any atom is -0.493 e. The van der Waals surface area contributed by atoms with Gasteiger partial charge >= 0.3 is 0 Å². The molecule has 1 aliphatic heterocycles. The Bertz CT molecular complexity index is 1460. The Morgan fingerprint density at radius 3 is 2.50 bits per heavy atom. The van der Waals surface area contributed by atoms with Crippen molar-refractivity contribution in [3.63, 3.8) is 0 Å². The Morgan fingerprint density at radius 2 is 1.82 bits per heavy atom. The number of amides is 2. The van der Waals surface area contributed by atoms with Gasteiger partial charge in [-0.05, 0) is 24.1 Å². The van der Waals surface area contributed by atoms with Crippen LogP contribution in [0.25, 0.3) is 11.4 Å². The monoisotopic (exact) mass is 570 g/mol. The van der Waals surface area contributed by atoms with E-state index in [2.05, 4.69) is 10.6 Å². The first kappa shape index (κ1) is 29.0. The van der Waals surface area contributed by atoms with E-state index in [1.165, 1.54) is 7.11 Å². The Kier molecular flexibility index (Phi) is 9.05. The lowest BCUT2D eigenvalue weighted by Crippen LogP contribution is -2.45. The van der Waals surface area contributed by atoms with Gasteiger partial charge in [-0.25, -0.2) is 18.1 Å². The number of methoxy groups -OCH3 is 1. The standard InChI is InChI=1S/C27H34N6O6S/c1-18(2)24-26-30-25(19-8-6-5-7-9-19)31-33(26)14-15-39-22-16-20(10-11-21(22)38-3)27(35)28-12-13-32(40(4,36)37)17-23(34)29-24/h5-11,16,18,24H,12-15,17H2,1-4H3,(H,28,35)(H,29,34)/t24-/m1/s1. The molecular weight excluding hydrogens is 536 g/mol. The van der Waals surface area contributed by atoms with Gasteiger partial charge in [0.2, 0.25) is 15.9 Å². The lowest BCUT2D eigenvalue weighted by Gasteiger charge is -2.25. The van der Waals surface area contributed by atoms with E-state index in [1.54, 1.807) is 22.9 Å². The fraction of sp³-hybridized carbons (Fsp3) is 0.407. The minimum atomic E-state index is -3.74. The lowest BCUT2D eigenvalue weighted by molar-refractivity contribution is -0.122. The molecule has 2 amide bonds. The first-order valence-electron chi connectivity index (χ1n) is 12.9. The predicted molar refractivity (Wildman–Crippen MR) is 148 cm³/mol. The number of benzene rings is 2. The van der Waals surface area contributed by atoms with Gasteiger partial charge < -0.3 is 20.1 Å². The van der Waals surface area contributed by atoms with Gasteiger partial charge in [-0.15, -0.1) is 0 Å². The molecule has 2 N–H and O–H groups in total. The summed E-state index contributed by atoms with van der Waals surface area (Å²) in [4.78, 5) is 30.7. The topological polar surface area (TPSA) is 145 Å². The molecule has 0 radical (unpaired) electrons. The molecule has 3 aromatic rings. The molecule has 13 heteroatoms. The quantitative estimate of drug-likeness (QED) is 0.484. The highest BCUT2D eigenvalue weighted by Gasteiger charge is 2.28. The van der Waals surface area contributed by atoms with E-state index >= 15 is 0 Å². The summed E-state index contributed by atoms with van der Waals surface area (Å²) in [6.45, 7) is 3.84. The molecule has 1 aromatic heterocycles. The van der Waals surface area contributed by atoms with Crippen LogP contribution in [-0.4, -0.2) is 78.9 Å². The average molecular weight is 571 g/mol. The highest BCUT2D eigenvalue weighted by molar-refractivity contribution is 7.88. The normalized spacial score (nSPS) is 17.8. The van der Waals surface area contributed by atoms with Gasteiger partial charge in [0.25, 0.3) is 5.91 Å². The molecule has 0 fully saturated rings. The second-order valence-electron chi connectivity index (χ2n) is 9.74. The van der Waals surface area contributed by atoms with Crippen LogP contribution < -0.4 is 20.1 Å². The van der Waals surface area contributed by atoms with Gasteiger partial charge in [0.05, 0.1) is 32.5 Å². The predicted octanol–water partition coefficient (Wildman–Crippen LogP) is 1.85. The van der Waals surface area contributed by atoms with Crippen LogP contribution >= 0.6 is 0 Å². The van der Waals surface area contributed by atoms with Gasteiger partial charge in [0.1, 0.15) is 6.61 Å². The maximum atomic E-state index is 13.1. The van der Waals surface area contributed by atoms with Crippen molar-refractivity contribution in [3.05, 3.63) is 59.9 Å². The fourth-order valence-electron chi connectivity index (χ4n) is 4.30. The molecule has 4 rings (SSSR count). The van der Waals surface area contributed by atoms with E-state index in [-0.39, 0.29) is 32.2 Å². The highest BCUT2D eigenvalue weighted by atomic mass is 32.2. The van der Waals surface area contributed by atoms with Gasteiger partial charge in [-0.3, -0.25) is 9.59 Å². The Hall–Kier alpha value is -3.97. The first-order valence-corrected chi connectivity index (χ1v) is 14.8. The van der Waals surface area contributed by atoms with Crippen molar-refractivity contribution in [3.8, 4) is 22.9 Å². The summed E-state index contributed by atoms with van der Waals surface area (Å²) in [6, 6.07) is 13.7. The number of fused-ring (bicyclic) bond motifs is 3. The summed E-state index contributed by atoms with van der Waals surface area (Å²) in [5.41, 5.74) is 1.12. The fourth-order valence-corrected chi connectivity index (χ4v) is 5.07. The number of ether oxygens (including phenoxy) is 2. The third-order valence-electron chi connectivity index (χ3n) is 6.42. The number of carbonyl (C=O) groups excluding carboxylic acids is 2. The minimum absolute atomic E-state index is 0.00374. The van der Waals surface area contributed by atoms with Gasteiger partial charge in [-0.1, -0.05) is 44.2 Å². The number of nitrogens with one attached hydrogen (secondary N) is 2. The van der Waals surface area contributed by atoms with Crippen molar-refractivity contribution in [1.29, 1.82) is 0 Å². The molecule has 2 aromatic carbocycles. The van der Waals surface area contributed by atoms with Crippen LogP contribution in [0.5, 0.6) is 11.5 Å². The van der Waals surface area contributed by atoms with Crippen LogP contribution in [0.15, 0.2) is 48.5 Å². The third kappa shape index (κ3) is 6.96. The van der Waals surface area contributed by atoms with Crippen molar-refractivity contribution >= 4 is 21.8 Å². The summed E-state index contributed by atoms with van der Waals surface area (Å²) >= 11 is 0. The van der Waals surface area contributed by atoms with Crippen molar-refractivity contribution in [1.82, 2.24) is 29.7 Å². The molecule has 0 saturated heterocycles. The zero-order chi connectivity index (χ0) is 28.9. The van der Waals surface area contributed by atoms with Gasteiger partial charge in [0, 0.05) is 24.2 Å². The van der Waals surface area contributed by atoms with Crippen LogP contribution in [0, 0.1) is 5.92 Å². The molecule has 1 aliphatic rings. The van der Waals surface area contributed by atoms with E-state index in [0.29, 0.717) is 28.7 Å². The number of rotatable bonds is 4. The van der Waals surface area contributed by atoms with Gasteiger partial charge in [-0.2, -0.15) is 9.40 Å². The van der Waals surface area contributed by atoms with Crippen molar-refractivity contribution in [2.24, 2.45) is 5.92 Å². The Balaban J connectivity index is 1.75. The van der Waals surface area contributed by atoms with Crippen LogP contribution in [0.1, 0.15) is 36.1 Å². The number of hydrogen-bond donors (Lipinski definition) is 2. The van der Waals surface area contributed by atoms with E-state index in [4.69, 9.17) is 19.6 Å². The molecule has 2 bridgehead atoms. The van der Waals surface area contributed by atoms with E-state index in [9.17, 15) is 18.0 Å². The third-order valence-corrected chi connectivity index (χ3v) is 7.67. The molecule has 0 unspecified atom stereocenters. The Morgan fingerprint density at radius 1 is 1.07 bits per heavy atom. The molecule has 2 heterocycles. The SMILES string of the molecule is COc1ccc2cc1OCCn1nc(-c3ccccc3)nc1[C@@H](C(C)C)NC(=O)CN(S(C)(=O)=O)CCNC2=O. The van der Waals surface area contributed by atoms with Gasteiger partial charge in [0.15, 0.2) is 23.1 Å².